The van der Waals surface area contributed by atoms with Gasteiger partial charge in [0.25, 0.3) is 0 Å². The van der Waals surface area contributed by atoms with E-state index >= 15 is 0 Å². The third-order valence-corrected chi connectivity index (χ3v) is 21.9. The zero-order valence-electron chi connectivity index (χ0n) is 20.3. The topological polar surface area (TPSA) is 40.5 Å². The Bertz CT molecular complexity index is 572. The van der Waals surface area contributed by atoms with E-state index in [1.54, 1.807) is 47.2 Å². The molecule has 0 aromatic rings. The number of hydrogen-bond donors (Lipinski definition) is 2. The van der Waals surface area contributed by atoms with Gasteiger partial charge in [-0.3, -0.25) is 0 Å². The van der Waals surface area contributed by atoms with Crippen molar-refractivity contribution in [1.29, 1.82) is 0 Å². The van der Waals surface area contributed by atoms with E-state index < -0.39 is 20.0 Å². The Balaban J connectivity index is 0.000000452. The fourth-order valence-corrected chi connectivity index (χ4v) is 25.2. The van der Waals surface area contributed by atoms with Crippen molar-refractivity contribution in [3.05, 3.63) is 42.1 Å². The number of allylic oxidation sites excluding steroid dienone is 8. The summed E-state index contributed by atoms with van der Waals surface area (Å²) in [5.74, 6) is 1.59. The van der Waals surface area contributed by atoms with Crippen LogP contribution in [0.5, 0.6) is 0 Å². The first-order valence-corrected chi connectivity index (χ1v) is 20.3. The van der Waals surface area contributed by atoms with Crippen LogP contribution >= 0.6 is 0 Å². The second-order valence-electron chi connectivity index (χ2n) is 10.3. The normalized spacial score (nSPS) is 19.4. The molecule has 1 aliphatic heterocycles. The van der Waals surface area contributed by atoms with Gasteiger partial charge in [0.1, 0.15) is 0 Å². The Morgan fingerprint density at radius 1 is 0.690 bits per heavy atom. The maximum absolute atomic E-state index is 8.06. The summed E-state index contributed by atoms with van der Waals surface area (Å²) >= 11 is -2.13. The molecule has 0 amide bonds. The molecule has 0 atom stereocenters. The van der Waals surface area contributed by atoms with Crippen LogP contribution in [0, 0.1) is 11.8 Å². The van der Waals surface area contributed by atoms with Gasteiger partial charge >= 0.3 is 136 Å². The molecule has 0 spiro atoms. The van der Waals surface area contributed by atoms with Gasteiger partial charge in [0.15, 0.2) is 0 Å². The van der Waals surface area contributed by atoms with E-state index in [1.807, 2.05) is 6.66 Å². The van der Waals surface area contributed by atoms with Crippen molar-refractivity contribution in [2.75, 3.05) is 0 Å². The molecule has 0 unspecified atom stereocenters. The fraction of sp³-hybridized carbons (Fsp3) is 0.692. The third-order valence-electron chi connectivity index (χ3n) is 5.15. The van der Waals surface area contributed by atoms with Crippen molar-refractivity contribution in [2.45, 2.75) is 102 Å². The molecule has 0 aromatic heterocycles. The SMILES string of the molecule is CC(C)CC1=CC[C]([Hf]2([C]3=CC(CC(C)C)=CC3)[CH2][CH2]2)=C1.CC(C)O.CC(C)O. The molecule has 1 fully saturated rings. The summed E-state index contributed by atoms with van der Waals surface area (Å²) in [6, 6.07) is 0. The van der Waals surface area contributed by atoms with Gasteiger partial charge < -0.3 is 10.2 Å². The van der Waals surface area contributed by atoms with Gasteiger partial charge in [-0.05, 0) is 27.7 Å². The minimum absolute atomic E-state index is 0.167. The molecule has 0 bridgehead atoms. The molecule has 3 heteroatoms. The summed E-state index contributed by atoms with van der Waals surface area (Å²) in [4.78, 5) is 0. The molecule has 2 N–H and O–H groups in total. The van der Waals surface area contributed by atoms with Crippen LogP contribution < -0.4 is 0 Å². The molecule has 2 aliphatic carbocycles. The zero-order valence-corrected chi connectivity index (χ0v) is 23.8. The van der Waals surface area contributed by atoms with Crippen molar-refractivity contribution >= 4 is 0 Å². The maximum atomic E-state index is 8.06. The van der Waals surface area contributed by atoms with Gasteiger partial charge in [0.2, 0.25) is 0 Å². The molecule has 2 nitrogen and oxygen atoms in total. The van der Waals surface area contributed by atoms with Crippen LogP contribution in [-0.2, 0) is 20.0 Å². The van der Waals surface area contributed by atoms with E-state index in [4.69, 9.17) is 10.2 Å². The molecule has 166 valence electrons. The first-order valence-electron chi connectivity index (χ1n) is 11.6. The molecular weight excluding hydrogens is 523 g/mol. The van der Waals surface area contributed by atoms with E-state index in [0.717, 1.165) is 11.8 Å². The minimum Gasteiger partial charge on any atom is -0.394 e. The molecule has 0 saturated carbocycles. The van der Waals surface area contributed by atoms with Crippen molar-refractivity contribution in [3.63, 3.8) is 0 Å². The van der Waals surface area contributed by atoms with Crippen molar-refractivity contribution in [1.82, 2.24) is 0 Å². The third kappa shape index (κ3) is 10.1. The second kappa shape index (κ2) is 12.6. The van der Waals surface area contributed by atoms with Crippen LogP contribution in [0.15, 0.2) is 42.1 Å². The van der Waals surface area contributed by atoms with Gasteiger partial charge in [-0.1, -0.05) is 0 Å². The summed E-state index contributed by atoms with van der Waals surface area (Å²) in [5.41, 5.74) is 3.28. The Labute approximate surface area is 185 Å². The van der Waals surface area contributed by atoms with E-state index in [0.29, 0.717) is 0 Å². The number of aliphatic hydroxyl groups is 2. The predicted molar refractivity (Wildman–Crippen MR) is 125 cm³/mol. The van der Waals surface area contributed by atoms with Crippen molar-refractivity contribution in [2.24, 2.45) is 11.8 Å². The molecule has 0 aromatic carbocycles. The average Bonchev–Trinajstić information content (AvgIpc) is 2.98. The van der Waals surface area contributed by atoms with Gasteiger partial charge in [-0.25, -0.2) is 0 Å². The Morgan fingerprint density at radius 2 is 1.00 bits per heavy atom. The summed E-state index contributed by atoms with van der Waals surface area (Å²) in [6.45, 7) is 16.2. The molecular formula is C26H46HfO2. The van der Waals surface area contributed by atoms with Crippen LogP contribution in [0.3, 0.4) is 0 Å². The monoisotopic (exact) mass is 570 g/mol. The van der Waals surface area contributed by atoms with Gasteiger partial charge in [-0.2, -0.15) is 0 Å². The maximum Gasteiger partial charge on any atom is 0.0483 e. The minimum atomic E-state index is -2.13. The molecule has 1 saturated heterocycles. The van der Waals surface area contributed by atoms with E-state index in [1.165, 1.54) is 25.7 Å². The average molecular weight is 569 g/mol. The number of hydrogen-bond acceptors (Lipinski definition) is 2. The molecule has 3 rings (SSSR count). The number of rotatable bonds is 6. The smallest absolute Gasteiger partial charge is 0.0483 e. The van der Waals surface area contributed by atoms with Crippen LogP contribution in [0.25, 0.3) is 0 Å². The largest absolute Gasteiger partial charge is 0.394 e. The van der Waals surface area contributed by atoms with Crippen LogP contribution in [0.2, 0.25) is 8.35 Å². The quantitative estimate of drug-likeness (QED) is 0.330. The summed E-state index contributed by atoms with van der Waals surface area (Å²) < 4.78 is 7.08. The van der Waals surface area contributed by atoms with Crippen molar-refractivity contribution in [3.8, 4) is 0 Å². The summed E-state index contributed by atoms with van der Waals surface area (Å²) in [5, 5.41) is 16.1. The number of aliphatic hydroxyl groups excluding tert-OH is 2. The van der Waals surface area contributed by atoms with Gasteiger partial charge in [0.05, 0.1) is 0 Å². The van der Waals surface area contributed by atoms with Gasteiger partial charge in [-0.15, -0.1) is 0 Å². The van der Waals surface area contributed by atoms with Crippen LogP contribution in [-0.4, -0.2) is 22.4 Å². The summed E-state index contributed by atoms with van der Waals surface area (Å²) in [6.07, 6.45) is 15.2. The fourth-order valence-electron chi connectivity index (χ4n) is 4.03. The second-order valence-corrected chi connectivity index (χ2v) is 26.3. The van der Waals surface area contributed by atoms with Crippen LogP contribution in [0.4, 0.5) is 0 Å². The molecule has 29 heavy (non-hydrogen) atoms. The first kappa shape index (κ1) is 26.8. The van der Waals surface area contributed by atoms with Crippen molar-refractivity contribution < 1.29 is 30.2 Å². The Morgan fingerprint density at radius 3 is 1.24 bits per heavy atom. The van der Waals surface area contributed by atoms with E-state index in [9.17, 15) is 0 Å². The van der Waals surface area contributed by atoms with E-state index in [2.05, 4.69) is 52.0 Å². The van der Waals surface area contributed by atoms with Crippen LogP contribution in [0.1, 0.15) is 81.1 Å². The molecule has 0 radical (unpaired) electrons. The standard InChI is InChI=1S/2C9H13.2C3H8O.C2H4.Hf/c2*1-8(2)7-9-5-3-4-6-9;2*1-3(2)4;1-2;/h2*5-6,8H,3,7H2,1-2H3;2*3-4H,1-2H3;1-2H2;. The first-order chi connectivity index (χ1) is 13.5. The Kier molecular flexibility index (Phi) is 11.6. The zero-order chi connectivity index (χ0) is 22.2. The molecule has 3 aliphatic rings. The summed E-state index contributed by atoms with van der Waals surface area (Å²) in [7, 11) is 0. The predicted octanol–water partition coefficient (Wildman–Crippen LogP) is 7.28. The molecule has 1 heterocycles. The van der Waals surface area contributed by atoms with Gasteiger partial charge in [0, 0.05) is 12.2 Å². The Hall–Kier alpha value is -0.250. The van der Waals surface area contributed by atoms with E-state index in [-0.39, 0.29) is 12.2 Å².